The molecule has 0 spiro atoms. The van der Waals surface area contributed by atoms with Crippen molar-refractivity contribution in [1.29, 1.82) is 0 Å². The maximum Gasteiger partial charge on any atom is 0.243 e. The van der Waals surface area contributed by atoms with Crippen LogP contribution in [0, 0.1) is 27.7 Å². The second kappa shape index (κ2) is 6.90. The smallest absolute Gasteiger partial charge is 0.243 e. The van der Waals surface area contributed by atoms with Crippen molar-refractivity contribution in [2.24, 2.45) is 0 Å². The van der Waals surface area contributed by atoms with E-state index in [1.807, 2.05) is 58.0 Å². The van der Waals surface area contributed by atoms with E-state index in [1.165, 1.54) is 0 Å². The highest BCUT2D eigenvalue weighted by Gasteiger charge is 2.34. The van der Waals surface area contributed by atoms with Crippen LogP contribution in [0.15, 0.2) is 41.3 Å². The predicted molar refractivity (Wildman–Crippen MR) is 99.3 cm³/mol. The molecule has 5 heteroatoms. The lowest BCUT2D eigenvalue weighted by atomic mass is 10.0. The van der Waals surface area contributed by atoms with E-state index in [2.05, 4.69) is 6.07 Å². The first-order chi connectivity index (χ1) is 11.8. The van der Waals surface area contributed by atoms with Crippen LogP contribution in [-0.2, 0) is 14.8 Å². The van der Waals surface area contributed by atoms with Crippen molar-refractivity contribution < 1.29 is 13.2 Å². The zero-order chi connectivity index (χ0) is 18.2. The molecule has 0 bridgehead atoms. The minimum atomic E-state index is -3.56. The Hall–Kier alpha value is -1.69. The summed E-state index contributed by atoms with van der Waals surface area (Å²) in [6.07, 6.45) is -0.226. The summed E-state index contributed by atoms with van der Waals surface area (Å²) in [4.78, 5) is 0.457. The molecule has 25 heavy (non-hydrogen) atoms. The van der Waals surface area contributed by atoms with Gasteiger partial charge >= 0.3 is 0 Å². The van der Waals surface area contributed by atoms with Crippen LogP contribution >= 0.6 is 0 Å². The number of sulfonamides is 1. The number of hydrogen-bond donors (Lipinski definition) is 0. The summed E-state index contributed by atoms with van der Waals surface area (Å²) in [6.45, 7) is 8.85. The first-order valence-electron chi connectivity index (χ1n) is 8.56. The molecule has 0 radical (unpaired) electrons. The molecule has 1 saturated heterocycles. The van der Waals surface area contributed by atoms with Crippen LogP contribution in [-0.4, -0.2) is 32.4 Å². The average molecular weight is 359 g/mol. The summed E-state index contributed by atoms with van der Waals surface area (Å²) < 4.78 is 34.2. The number of hydrogen-bond acceptors (Lipinski definition) is 3. The van der Waals surface area contributed by atoms with E-state index in [0.717, 1.165) is 27.8 Å². The van der Waals surface area contributed by atoms with Crippen molar-refractivity contribution >= 4 is 10.0 Å². The molecular formula is C20H25NO3S. The van der Waals surface area contributed by atoms with Gasteiger partial charge in [-0.05, 0) is 55.5 Å². The summed E-state index contributed by atoms with van der Waals surface area (Å²) in [5.74, 6) is 0. The molecular weight excluding hydrogens is 334 g/mol. The number of morpholine rings is 1. The fraction of sp³-hybridized carbons (Fsp3) is 0.400. The van der Waals surface area contributed by atoms with Crippen LogP contribution in [0.4, 0.5) is 0 Å². The van der Waals surface area contributed by atoms with Gasteiger partial charge in [0.05, 0.1) is 17.6 Å². The Morgan fingerprint density at radius 3 is 2.20 bits per heavy atom. The molecule has 134 valence electrons. The van der Waals surface area contributed by atoms with Crippen LogP contribution in [0.5, 0.6) is 0 Å². The lowest BCUT2D eigenvalue weighted by Gasteiger charge is -2.33. The van der Waals surface area contributed by atoms with Gasteiger partial charge in [0.15, 0.2) is 0 Å². The van der Waals surface area contributed by atoms with Gasteiger partial charge in [-0.3, -0.25) is 0 Å². The highest BCUT2D eigenvalue weighted by atomic mass is 32.2. The van der Waals surface area contributed by atoms with Gasteiger partial charge in [-0.2, -0.15) is 4.31 Å². The average Bonchev–Trinajstić information content (AvgIpc) is 2.61. The third-order valence-corrected chi connectivity index (χ3v) is 7.24. The molecule has 3 rings (SSSR count). The second-order valence-corrected chi connectivity index (χ2v) is 8.60. The summed E-state index contributed by atoms with van der Waals surface area (Å²) in [7, 11) is -3.56. The van der Waals surface area contributed by atoms with E-state index >= 15 is 0 Å². The Morgan fingerprint density at radius 1 is 1.00 bits per heavy atom. The van der Waals surface area contributed by atoms with E-state index in [4.69, 9.17) is 4.74 Å². The molecule has 1 heterocycles. The normalized spacial score (nSPS) is 19.1. The Kier molecular flexibility index (Phi) is 5.00. The molecule has 1 aliphatic rings. The minimum absolute atomic E-state index is 0.226. The van der Waals surface area contributed by atoms with Crippen molar-refractivity contribution in [3.63, 3.8) is 0 Å². The Bertz CT molecular complexity index is 849. The van der Waals surface area contributed by atoms with Crippen LogP contribution in [0.25, 0.3) is 0 Å². The molecule has 0 amide bonds. The van der Waals surface area contributed by atoms with Gasteiger partial charge in [-0.15, -0.1) is 0 Å². The molecule has 1 unspecified atom stereocenters. The van der Waals surface area contributed by atoms with Gasteiger partial charge in [0.25, 0.3) is 0 Å². The van der Waals surface area contributed by atoms with Gasteiger partial charge in [-0.25, -0.2) is 8.42 Å². The first kappa shape index (κ1) is 18.1. The van der Waals surface area contributed by atoms with Gasteiger partial charge in [0, 0.05) is 13.1 Å². The number of nitrogens with zero attached hydrogens (tertiary/aromatic N) is 1. The van der Waals surface area contributed by atoms with Crippen molar-refractivity contribution in [1.82, 2.24) is 4.31 Å². The summed E-state index contributed by atoms with van der Waals surface area (Å²) >= 11 is 0. The largest absolute Gasteiger partial charge is 0.371 e. The number of ether oxygens (including phenoxy) is 1. The SMILES string of the molecule is Cc1cc(C)c(C)c(S(=O)(=O)N2CCOC(c3ccccc3)C2)c1C. The number of aryl methyl sites for hydroxylation is 2. The standard InChI is InChI=1S/C20H25NO3S/c1-14-12-15(2)17(4)20(16(14)3)25(22,23)21-10-11-24-19(13-21)18-8-6-5-7-9-18/h5-9,12,19H,10-11,13H2,1-4H3. The fourth-order valence-electron chi connectivity index (χ4n) is 3.41. The molecule has 4 nitrogen and oxygen atoms in total. The zero-order valence-corrected chi connectivity index (χ0v) is 16.1. The van der Waals surface area contributed by atoms with Crippen molar-refractivity contribution in [3.8, 4) is 0 Å². The van der Waals surface area contributed by atoms with E-state index in [9.17, 15) is 8.42 Å². The Labute approximate surface area is 150 Å². The van der Waals surface area contributed by atoms with Crippen LogP contribution in [0.1, 0.15) is 33.9 Å². The molecule has 0 N–H and O–H groups in total. The molecule has 2 aromatic carbocycles. The third kappa shape index (κ3) is 3.36. The quantitative estimate of drug-likeness (QED) is 0.840. The minimum Gasteiger partial charge on any atom is -0.371 e. The lowest BCUT2D eigenvalue weighted by molar-refractivity contribution is -0.00257. The van der Waals surface area contributed by atoms with Gasteiger partial charge in [-0.1, -0.05) is 36.4 Å². The van der Waals surface area contributed by atoms with Crippen LogP contribution in [0.2, 0.25) is 0 Å². The summed E-state index contributed by atoms with van der Waals surface area (Å²) in [5.41, 5.74) is 4.71. The Balaban J connectivity index is 1.98. The van der Waals surface area contributed by atoms with Crippen LogP contribution in [0.3, 0.4) is 0 Å². The van der Waals surface area contributed by atoms with Crippen molar-refractivity contribution in [2.45, 2.75) is 38.7 Å². The molecule has 0 aromatic heterocycles. The van der Waals surface area contributed by atoms with Gasteiger partial charge < -0.3 is 4.74 Å². The van der Waals surface area contributed by atoms with Gasteiger partial charge in [0.1, 0.15) is 0 Å². The predicted octanol–water partition coefficient (Wildman–Crippen LogP) is 3.68. The van der Waals surface area contributed by atoms with Crippen molar-refractivity contribution in [2.75, 3.05) is 19.7 Å². The fourth-order valence-corrected chi connectivity index (χ4v) is 5.41. The molecule has 0 aliphatic carbocycles. The summed E-state index contributed by atoms with van der Waals surface area (Å²) in [5, 5.41) is 0. The highest BCUT2D eigenvalue weighted by molar-refractivity contribution is 7.89. The number of rotatable bonds is 3. The topological polar surface area (TPSA) is 46.6 Å². The molecule has 2 aromatic rings. The maximum atomic E-state index is 13.4. The first-order valence-corrected chi connectivity index (χ1v) is 10.0. The van der Waals surface area contributed by atoms with Crippen LogP contribution < -0.4 is 0 Å². The van der Waals surface area contributed by atoms with E-state index < -0.39 is 10.0 Å². The Morgan fingerprint density at radius 2 is 1.60 bits per heavy atom. The maximum absolute atomic E-state index is 13.4. The molecule has 1 fully saturated rings. The number of benzene rings is 2. The zero-order valence-electron chi connectivity index (χ0n) is 15.2. The molecule has 1 aliphatic heterocycles. The summed E-state index contributed by atoms with van der Waals surface area (Å²) in [6, 6.07) is 11.9. The van der Waals surface area contributed by atoms with E-state index in [1.54, 1.807) is 4.31 Å². The lowest BCUT2D eigenvalue weighted by Crippen LogP contribution is -2.42. The monoisotopic (exact) mass is 359 g/mol. The third-order valence-electron chi connectivity index (χ3n) is 5.10. The van der Waals surface area contributed by atoms with E-state index in [0.29, 0.717) is 24.6 Å². The van der Waals surface area contributed by atoms with E-state index in [-0.39, 0.29) is 6.10 Å². The second-order valence-electron chi connectivity index (χ2n) is 6.72. The van der Waals surface area contributed by atoms with Gasteiger partial charge in [0.2, 0.25) is 10.0 Å². The molecule has 1 atom stereocenters. The highest BCUT2D eigenvalue weighted by Crippen LogP contribution is 2.31. The van der Waals surface area contributed by atoms with Crippen molar-refractivity contribution in [3.05, 3.63) is 64.2 Å². The molecule has 0 saturated carbocycles.